The molecule has 18 heavy (non-hydrogen) atoms. The largest absolute Gasteiger partial charge is 0.272 e. The first kappa shape index (κ1) is 14.7. The highest BCUT2D eigenvalue weighted by atomic mass is 79.9. The number of rotatable bonds is 3. The summed E-state index contributed by atoms with van der Waals surface area (Å²) < 4.78 is 0.763. The molecule has 0 aromatic carbocycles. The fourth-order valence-corrected chi connectivity index (χ4v) is 4.28. The van der Waals surface area contributed by atoms with Crippen molar-refractivity contribution >= 4 is 70.7 Å². The summed E-state index contributed by atoms with van der Waals surface area (Å²) in [6.45, 7) is 3.78. The van der Waals surface area contributed by atoms with Crippen LogP contribution in [-0.2, 0) is 4.79 Å². The molecule has 0 spiro atoms. The van der Waals surface area contributed by atoms with Crippen LogP contribution in [0.15, 0.2) is 21.0 Å². The molecule has 1 aromatic heterocycles. The van der Waals surface area contributed by atoms with Gasteiger partial charge in [-0.15, -0.1) is 11.3 Å². The Morgan fingerprint density at radius 2 is 2.11 bits per heavy atom. The quantitative estimate of drug-likeness (QED) is 0.410. The van der Waals surface area contributed by atoms with Crippen molar-refractivity contribution in [2.24, 2.45) is 10.5 Å². The molecular weight excluding hydrogens is 448 g/mol. The third-order valence-corrected chi connectivity index (χ3v) is 7.06. The van der Waals surface area contributed by atoms with Crippen molar-refractivity contribution in [3.05, 3.63) is 20.8 Å². The Morgan fingerprint density at radius 3 is 2.56 bits per heavy atom. The van der Waals surface area contributed by atoms with Crippen molar-refractivity contribution in [2.75, 3.05) is 0 Å². The number of nitrogens with one attached hydrogen (secondary N) is 1. The van der Waals surface area contributed by atoms with Crippen LogP contribution in [0.2, 0.25) is 0 Å². The minimum Gasteiger partial charge on any atom is -0.272 e. The van der Waals surface area contributed by atoms with Gasteiger partial charge >= 0.3 is 0 Å². The minimum absolute atomic E-state index is 0.0776. The molecule has 1 aliphatic carbocycles. The van der Waals surface area contributed by atoms with Crippen molar-refractivity contribution in [1.29, 1.82) is 0 Å². The molecule has 1 heterocycles. The summed E-state index contributed by atoms with van der Waals surface area (Å²) in [7, 11) is 0. The number of hydrogen-bond donors (Lipinski definition) is 1. The lowest BCUT2D eigenvalue weighted by atomic mass is 10.1. The third-order valence-electron chi connectivity index (χ3n) is 3.01. The number of hydrazone groups is 1. The van der Waals surface area contributed by atoms with Crippen LogP contribution in [0.1, 0.15) is 25.1 Å². The van der Waals surface area contributed by atoms with E-state index in [1.54, 1.807) is 11.3 Å². The van der Waals surface area contributed by atoms with Gasteiger partial charge in [-0.1, -0.05) is 31.9 Å². The Balaban J connectivity index is 2.02. The second-order valence-corrected chi connectivity index (χ2v) is 10.7. The number of alkyl halides is 2. The van der Waals surface area contributed by atoms with Crippen molar-refractivity contribution in [3.63, 3.8) is 0 Å². The fourth-order valence-electron chi connectivity index (χ4n) is 1.47. The Hall–Kier alpha value is 0.280. The zero-order valence-electron chi connectivity index (χ0n) is 9.76. The van der Waals surface area contributed by atoms with Gasteiger partial charge in [-0.25, -0.2) is 5.43 Å². The van der Waals surface area contributed by atoms with Gasteiger partial charge in [-0.2, -0.15) is 5.10 Å². The average Bonchev–Trinajstić information content (AvgIpc) is 2.63. The number of halogens is 3. The van der Waals surface area contributed by atoms with E-state index in [4.69, 9.17) is 0 Å². The normalized spacial score (nSPS) is 25.9. The lowest BCUT2D eigenvalue weighted by Gasteiger charge is -2.10. The Labute approximate surface area is 135 Å². The predicted molar refractivity (Wildman–Crippen MR) is 85.7 cm³/mol. The fraction of sp³-hybridized carbons (Fsp3) is 0.455. The van der Waals surface area contributed by atoms with Gasteiger partial charge in [0, 0.05) is 0 Å². The van der Waals surface area contributed by atoms with Crippen molar-refractivity contribution in [2.45, 2.75) is 23.5 Å². The van der Waals surface area contributed by atoms with Crippen molar-refractivity contribution in [1.82, 2.24) is 5.43 Å². The number of thiophene rings is 1. The Morgan fingerprint density at radius 1 is 1.50 bits per heavy atom. The molecule has 0 radical (unpaired) electrons. The van der Waals surface area contributed by atoms with E-state index in [2.05, 4.69) is 58.3 Å². The molecule has 2 rings (SSSR count). The number of carbonyl (C=O) groups is 1. The van der Waals surface area contributed by atoms with Gasteiger partial charge < -0.3 is 0 Å². The molecule has 1 amide bonds. The maximum absolute atomic E-state index is 12.0. The van der Waals surface area contributed by atoms with Crippen LogP contribution in [0.25, 0.3) is 0 Å². The second-order valence-electron chi connectivity index (χ2n) is 4.46. The molecule has 98 valence electrons. The van der Waals surface area contributed by atoms with Crippen LogP contribution in [-0.4, -0.2) is 14.9 Å². The van der Waals surface area contributed by atoms with E-state index >= 15 is 0 Å². The molecule has 1 saturated carbocycles. The van der Waals surface area contributed by atoms with Gasteiger partial charge in [0.05, 0.1) is 23.0 Å². The molecule has 0 bridgehead atoms. The zero-order chi connectivity index (χ0) is 13.6. The average molecular weight is 459 g/mol. The Kier molecular flexibility index (Phi) is 4.07. The molecule has 1 fully saturated rings. The first-order chi connectivity index (χ1) is 8.26. The predicted octanol–water partition coefficient (Wildman–Crippen LogP) is 4.25. The summed E-state index contributed by atoms with van der Waals surface area (Å²) in [5.74, 6) is -0.0776. The molecule has 0 saturated heterocycles. The highest BCUT2D eigenvalue weighted by molar-refractivity contribution is 9.25. The summed E-state index contributed by atoms with van der Waals surface area (Å²) in [6.07, 6.45) is 0.755. The third kappa shape index (κ3) is 2.73. The molecule has 7 heteroatoms. The van der Waals surface area contributed by atoms with Crippen LogP contribution in [0, 0.1) is 5.41 Å². The maximum atomic E-state index is 12.0. The standard InChI is InChI=1S/C11H11Br3N2OS/c1-6(7-3-4-8(12)18-7)15-16-9(17)10(2)5-11(10,13)14/h3-4H,5H2,1-2H3,(H,16,17)/b15-6-/t10-/m1/s1. The lowest BCUT2D eigenvalue weighted by Crippen LogP contribution is -2.30. The molecule has 3 nitrogen and oxygen atoms in total. The summed E-state index contributed by atoms with van der Waals surface area (Å²) in [5.41, 5.74) is 2.99. The monoisotopic (exact) mass is 456 g/mol. The van der Waals surface area contributed by atoms with Gasteiger partial charge in [-0.3, -0.25) is 4.79 Å². The lowest BCUT2D eigenvalue weighted by molar-refractivity contribution is -0.125. The molecule has 1 N–H and O–H groups in total. The van der Waals surface area contributed by atoms with E-state index in [0.717, 1.165) is 20.8 Å². The summed E-state index contributed by atoms with van der Waals surface area (Å²) in [4.78, 5) is 13.0. The number of carbonyl (C=O) groups excluding carboxylic acids is 1. The van der Waals surface area contributed by atoms with Crippen molar-refractivity contribution < 1.29 is 4.79 Å². The second kappa shape index (κ2) is 5.00. The SMILES string of the molecule is C/C(=N/NC(=O)[C@@]1(C)CC1(Br)Br)c1ccc(Br)s1. The van der Waals surface area contributed by atoms with Gasteiger partial charge in [0.1, 0.15) is 0 Å². The van der Waals surface area contributed by atoms with E-state index in [1.165, 1.54) is 0 Å². The summed E-state index contributed by atoms with van der Waals surface area (Å²) in [6, 6.07) is 3.93. The molecule has 1 aromatic rings. The number of hydrogen-bond acceptors (Lipinski definition) is 3. The van der Waals surface area contributed by atoms with Crippen LogP contribution in [0.4, 0.5) is 0 Å². The van der Waals surface area contributed by atoms with Gasteiger partial charge in [0.2, 0.25) is 5.91 Å². The topological polar surface area (TPSA) is 41.5 Å². The van der Waals surface area contributed by atoms with Gasteiger partial charge in [-0.05, 0) is 48.3 Å². The highest BCUT2D eigenvalue weighted by Gasteiger charge is 2.66. The zero-order valence-corrected chi connectivity index (χ0v) is 15.3. The first-order valence-corrected chi connectivity index (χ1v) is 8.44. The van der Waals surface area contributed by atoms with Gasteiger partial charge in [0.25, 0.3) is 0 Å². The molecule has 1 aliphatic rings. The molecule has 1 atom stereocenters. The van der Waals surface area contributed by atoms with Crippen molar-refractivity contribution in [3.8, 4) is 0 Å². The highest BCUT2D eigenvalue weighted by Crippen LogP contribution is 2.66. The van der Waals surface area contributed by atoms with E-state index in [0.29, 0.717) is 0 Å². The molecular formula is C11H11Br3N2OS. The minimum atomic E-state index is -0.438. The van der Waals surface area contributed by atoms with E-state index in [9.17, 15) is 4.79 Å². The van der Waals surface area contributed by atoms with Crippen LogP contribution >= 0.6 is 59.1 Å². The molecule has 0 unspecified atom stereocenters. The number of nitrogens with zero attached hydrogens (tertiary/aromatic N) is 1. The number of amides is 1. The van der Waals surface area contributed by atoms with E-state index in [-0.39, 0.29) is 9.14 Å². The van der Waals surface area contributed by atoms with Crippen LogP contribution < -0.4 is 5.43 Å². The van der Waals surface area contributed by atoms with Gasteiger partial charge in [0.15, 0.2) is 0 Å². The van der Waals surface area contributed by atoms with E-state index < -0.39 is 5.41 Å². The van der Waals surface area contributed by atoms with Crippen LogP contribution in [0.5, 0.6) is 0 Å². The Bertz CT molecular complexity index is 526. The summed E-state index contributed by atoms with van der Waals surface area (Å²) in [5, 5.41) is 4.14. The smallest absolute Gasteiger partial charge is 0.248 e. The van der Waals surface area contributed by atoms with Crippen LogP contribution in [0.3, 0.4) is 0 Å². The van der Waals surface area contributed by atoms with E-state index in [1.807, 2.05) is 26.0 Å². The molecule has 0 aliphatic heterocycles. The summed E-state index contributed by atoms with van der Waals surface area (Å²) >= 11 is 11.9. The first-order valence-electron chi connectivity index (χ1n) is 5.24. The maximum Gasteiger partial charge on any atom is 0.248 e.